The zero-order valence-corrected chi connectivity index (χ0v) is 14.9. The van der Waals surface area contributed by atoms with Gasteiger partial charge in [-0.15, -0.1) is 0 Å². The Labute approximate surface area is 142 Å². The minimum atomic E-state index is -3.60. The highest BCUT2D eigenvalue weighted by Crippen LogP contribution is 2.21. The molecule has 1 aromatic rings. The number of piperidine rings is 1. The first-order valence-electron chi connectivity index (χ1n) is 8.33. The Morgan fingerprint density at radius 3 is 2.54 bits per heavy atom. The quantitative estimate of drug-likeness (QED) is 0.816. The molecule has 0 spiro atoms. The molecule has 0 saturated carbocycles. The summed E-state index contributed by atoms with van der Waals surface area (Å²) in [4.78, 5) is 14.3. The van der Waals surface area contributed by atoms with Gasteiger partial charge in [-0.05, 0) is 39.5 Å². The molecule has 134 valence electrons. The maximum atomic E-state index is 12.6. The second kappa shape index (κ2) is 6.81. The molecule has 2 fully saturated rings. The first-order chi connectivity index (χ1) is 11.4. The molecule has 8 nitrogen and oxygen atoms in total. The number of aromatic nitrogens is 2. The van der Waals surface area contributed by atoms with Crippen LogP contribution in [-0.2, 0) is 19.6 Å². The van der Waals surface area contributed by atoms with E-state index < -0.39 is 10.0 Å². The monoisotopic (exact) mass is 356 g/mol. The van der Waals surface area contributed by atoms with E-state index in [-0.39, 0.29) is 22.9 Å². The van der Waals surface area contributed by atoms with Crippen molar-refractivity contribution in [1.82, 2.24) is 19.8 Å². The van der Waals surface area contributed by atoms with Gasteiger partial charge in [0.2, 0.25) is 10.0 Å². The lowest BCUT2D eigenvalue weighted by Crippen LogP contribution is -2.49. The molecule has 0 aromatic carbocycles. The van der Waals surface area contributed by atoms with Crippen LogP contribution in [0, 0.1) is 13.8 Å². The molecule has 3 rings (SSSR count). The highest BCUT2D eigenvalue weighted by Gasteiger charge is 2.33. The largest absolute Gasteiger partial charge is 0.368 e. The predicted octanol–water partition coefficient (Wildman–Crippen LogP) is 0.475. The summed E-state index contributed by atoms with van der Waals surface area (Å²) < 4.78 is 33.3. The normalized spacial score (nSPS) is 22.9. The number of nitrogens with one attached hydrogen (secondary N) is 2. The van der Waals surface area contributed by atoms with Crippen LogP contribution < -0.4 is 4.72 Å². The topological polar surface area (TPSA) is 104 Å². The number of carbonyl (C=O) groups excluding carboxylic acids is 1. The molecule has 2 saturated heterocycles. The second-order valence-corrected chi connectivity index (χ2v) is 8.14. The van der Waals surface area contributed by atoms with Crippen LogP contribution in [0.1, 0.15) is 37.1 Å². The number of aryl methyl sites for hydroxylation is 2. The average Bonchev–Trinajstić information content (AvgIpc) is 3.17. The summed E-state index contributed by atoms with van der Waals surface area (Å²) in [7, 11) is -3.60. The predicted molar refractivity (Wildman–Crippen MR) is 87.0 cm³/mol. The smallest absolute Gasteiger partial charge is 0.251 e. The summed E-state index contributed by atoms with van der Waals surface area (Å²) in [5.41, 5.74) is 0.997. The van der Waals surface area contributed by atoms with Crippen LogP contribution in [-0.4, -0.2) is 61.3 Å². The highest BCUT2D eigenvalue weighted by molar-refractivity contribution is 7.89. The Hall–Kier alpha value is -1.45. The second-order valence-electron chi connectivity index (χ2n) is 6.49. The fourth-order valence-electron chi connectivity index (χ4n) is 3.41. The van der Waals surface area contributed by atoms with E-state index in [0.717, 1.165) is 12.8 Å². The Balaban J connectivity index is 1.58. The summed E-state index contributed by atoms with van der Waals surface area (Å²) in [6.07, 6.45) is 2.61. The SMILES string of the molecule is Cc1n[nH]c(C)c1S(=O)(=O)NC1CCN(C(=O)C2CCCO2)CC1. The van der Waals surface area contributed by atoms with Gasteiger partial charge in [-0.1, -0.05) is 0 Å². The van der Waals surface area contributed by atoms with Gasteiger partial charge in [0.05, 0.1) is 11.4 Å². The van der Waals surface area contributed by atoms with Crippen LogP contribution in [0.15, 0.2) is 4.90 Å². The van der Waals surface area contributed by atoms with E-state index >= 15 is 0 Å². The van der Waals surface area contributed by atoms with Crippen LogP contribution in [0.5, 0.6) is 0 Å². The number of likely N-dealkylation sites (tertiary alicyclic amines) is 1. The van der Waals surface area contributed by atoms with Gasteiger partial charge >= 0.3 is 0 Å². The summed E-state index contributed by atoms with van der Waals surface area (Å²) in [6, 6.07) is -0.169. The van der Waals surface area contributed by atoms with E-state index in [1.165, 1.54) is 0 Å². The number of hydrogen-bond donors (Lipinski definition) is 2. The zero-order valence-electron chi connectivity index (χ0n) is 14.0. The summed E-state index contributed by atoms with van der Waals surface area (Å²) in [5.74, 6) is 0.0373. The van der Waals surface area contributed by atoms with E-state index in [1.54, 1.807) is 18.7 Å². The lowest BCUT2D eigenvalue weighted by Gasteiger charge is -2.33. The third-order valence-electron chi connectivity index (χ3n) is 4.66. The molecular formula is C15H24N4O4S. The van der Waals surface area contributed by atoms with Crippen LogP contribution in [0.3, 0.4) is 0 Å². The Bertz CT molecular complexity index is 682. The van der Waals surface area contributed by atoms with E-state index in [0.29, 0.717) is 43.9 Å². The number of sulfonamides is 1. The number of nitrogens with zero attached hydrogens (tertiary/aromatic N) is 2. The minimum absolute atomic E-state index is 0.0373. The number of carbonyl (C=O) groups is 1. The molecule has 2 aliphatic rings. The zero-order chi connectivity index (χ0) is 17.3. The third kappa shape index (κ3) is 3.47. The number of H-pyrrole nitrogens is 1. The third-order valence-corrected chi connectivity index (χ3v) is 6.45. The Morgan fingerprint density at radius 1 is 1.29 bits per heavy atom. The van der Waals surface area contributed by atoms with E-state index in [9.17, 15) is 13.2 Å². The number of hydrogen-bond acceptors (Lipinski definition) is 5. The van der Waals surface area contributed by atoms with Gasteiger partial charge in [0, 0.05) is 25.7 Å². The van der Waals surface area contributed by atoms with Crippen molar-refractivity contribution in [3.8, 4) is 0 Å². The van der Waals surface area contributed by atoms with Crippen molar-refractivity contribution in [2.45, 2.75) is 56.6 Å². The van der Waals surface area contributed by atoms with Crippen LogP contribution in [0.2, 0.25) is 0 Å². The molecule has 9 heteroatoms. The van der Waals surface area contributed by atoms with Crippen molar-refractivity contribution in [2.75, 3.05) is 19.7 Å². The summed E-state index contributed by atoms with van der Waals surface area (Å²) in [6.45, 7) is 5.11. The van der Waals surface area contributed by atoms with Crippen molar-refractivity contribution in [3.05, 3.63) is 11.4 Å². The van der Waals surface area contributed by atoms with E-state index in [1.807, 2.05) is 0 Å². The van der Waals surface area contributed by atoms with Gasteiger partial charge in [-0.25, -0.2) is 13.1 Å². The Morgan fingerprint density at radius 2 is 2.00 bits per heavy atom. The van der Waals surface area contributed by atoms with Crippen LogP contribution >= 0.6 is 0 Å². The molecule has 0 aliphatic carbocycles. The standard InChI is InChI=1S/C15H24N4O4S/c1-10-14(11(2)17-16-10)24(21,22)18-12-5-7-19(8-6-12)15(20)13-4-3-9-23-13/h12-13,18H,3-9H2,1-2H3,(H,16,17). The van der Waals surface area contributed by atoms with Crippen molar-refractivity contribution in [3.63, 3.8) is 0 Å². The summed E-state index contributed by atoms with van der Waals surface area (Å²) in [5, 5.41) is 6.64. The molecule has 3 heterocycles. The van der Waals surface area contributed by atoms with Crippen molar-refractivity contribution in [1.29, 1.82) is 0 Å². The fourth-order valence-corrected chi connectivity index (χ4v) is 5.08. The highest BCUT2D eigenvalue weighted by atomic mass is 32.2. The van der Waals surface area contributed by atoms with Crippen LogP contribution in [0.4, 0.5) is 0 Å². The van der Waals surface area contributed by atoms with Crippen LogP contribution in [0.25, 0.3) is 0 Å². The molecule has 1 unspecified atom stereocenters. The molecule has 2 N–H and O–H groups in total. The summed E-state index contributed by atoms with van der Waals surface area (Å²) >= 11 is 0. The lowest BCUT2D eigenvalue weighted by molar-refractivity contribution is -0.142. The molecular weight excluding hydrogens is 332 g/mol. The molecule has 24 heavy (non-hydrogen) atoms. The fraction of sp³-hybridized carbons (Fsp3) is 0.733. The molecule has 0 radical (unpaired) electrons. The minimum Gasteiger partial charge on any atom is -0.368 e. The molecule has 1 amide bonds. The van der Waals surface area contributed by atoms with Crippen molar-refractivity contribution < 1.29 is 17.9 Å². The van der Waals surface area contributed by atoms with Gasteiger partial charge < -0.3 is 9.64 Å². The molecule has 0 bridgehead atoms. The average molecular weight is 356 g/mol. The number of ether oxygens (including phenoxy) is 1. The molecule has 1 aromatic heterocycles. The van der Waals surface area contributed by atoms with E-state index in [2.05, 4.69) is 14.9 Å². The first kappa shape index (κ1) is 17.4. The van der Waals surface area contributed by atoms with Gasteiger partial charge in [-0.3, -0.25) is 9.89 Å². The van der Waals surface area contributed by atoms with Gasteiger partial charge in [0.25, 0.3) is 5.91 Å². The van der Waals surface area contributed by atoms with Crippen molar-refractivity contribution >= 4 is 15.9 Å². The number of amides is 1. The van der Waals surface area contributed by atoms with E-state index in [4.69, 9.17) is 4.74 Å². The number of aromatic amines is 1. The Kier molecular flexibility index (Phi) is 4.93. The van der Waals surface area contributed by atoms with Crippen molar-refractivity contribution in [2.24, 2.45) is 0 Å². The lowest BCUT2D eigenvalue weighted by atomic mass is 10.1. The van der Waals surface area contributed by atoms with Gasteiger partial charge in [-0.2, -0.15) is 5.10 Å². The van der Waals surface area contributed by atoms with Gasteiger partial charge in [0.1, 0.15) is 11.0 Å². The maximum absolute atomic E-state index is 12.6. The maximum Gasteiger partial charge on any atom is 0.251 e. The van der Waals surface area contributed by atoms with Gasteiger partial charge in [0.15, 0.2) is 0 Å². The molecule has 2 aliphatic heterocycles. The molecule has 1 atom stereocenters. The number of rotatable bonds is 4. The first-order valence-corrected chi connectivity index (χ1v) is 9.81.